The van der Waals surface area contributed by atoms with Crippen LogP contribution in [0.3, 0.4) is 0 Å². The summed E-state index contributed by atoms with van der Waals surface area (Å²) in [7, 11) is 0. The summed E-state index contributed by atoms with van der Waals surface area (Å²) in [6, 6.07) is 66.6. The van der Waals surface area contributed by atoms with Crippen LogP contribution in [0.4, 0.5) is 0 Å². The van der Waals surface area contributed by atoms with E-state index >= 15 is 0 Å². The van der Waals surface area contributed by atoms with E-state index in [1.54, 1.807) is 11.1 Å². The second-order valence-electron chi connectivity index (χ2n) is 18.8. The summed E-state index contributed by atoms with van der Waals surface area (Å²) in [5, 5.41) is 5.05. The molecule has 4 nitrogen and oxygen atoms in total. The van der Waals surface area contributed by atoms with E-state index < -0.39 is 0 Å². The number of benzene rings is 8. The molecule has 0 N–H and O–H groups in total. The molecule has 4 fully saturated rings. The average Bonchev–Trinajstić information content (AvgIpc) is 3.84. The van der Waals surface area contributed by atoms with Crippen LogP contribution in [0.25, 0.3) is 94.7 Å². The standard InChI is InChI=1S/C59H44N4/c1-3-12-39(13-4-1)56-60-57(40-14-5-2-6-15-40)62-58(61-56)41-19-24-46(25-20-41)63-53-28-23-38-11-7-8-16-47(38)55(53)49-26-21-43(35-54(49)63)42-22-27-52-50(34-42)48-17-9-10-18-51(48)59(52)44-30-36-29-37(32-44)33-45(59)31-36/h1-28,34-37,44-45H,29-33H2. The van der Waals surface area contributed by atoms with Crippen LogP contribution in [0.15, 0.2) is 182 Å². The molecule has 0 amide bonds. The van der Waals surface area contributed by atoms with Crippen LogP contribution in [0.5, 0.6) is 0 Å². The van der Waals surface area contributed by atoms with Crippen molar-refractivity contribution in [3.8, 4) is 62.1 Å². The molecule has 5 aliphatic rings. The number of rotatable bonds is 5. The lowest BCUT2D eigenvalue weighted by atomic mass is 9.43. The molecule has 4 bridgehead atoms. The van der Waals surface area contributed by atoms with Crippen molar-refractivity contribution in [2.24, 2.45) is 23.7 Å². The van der Waals surface area contributed by atoms with Crippen molar-refractivity contribution in [3.63, 3.8) is 0 Å². The van der Waals surface area contributed by atoms with Gasteiger partial charge in [0.1, 0.15) is 0 Å². The molecule has 0 atom stereocenters. The first-order chi connectivity index (χ1) is 31.2. The van der Waals surface area contributed by atoms with Crippen molar-refractivity contribution in [3.05, 3.63) is 193 Å². The highest BCUT2D eigenvalue weighted by Gasteiger charge is 2.61. The minimum Gasteiger partial charge on any atom is -0.309 e. The normalized spacial score (nSPS) is 21.7. The van der Waals surface area contributed by atoms with Gasteiger partial charge in [-0.25, -0.2) is 15.0 Å². The van der Waals surface area contributed by atoms with Gasteiger partial charge in [0.05, 0.1) is 11.0 Å². The Bertz CT molecular complexity index is 3370. The van der Waals surface area contributed by atoms with Crippen LogP contribution in [0, 0.1) is 23.7 Å². The first-order valence-electron chi connectivity index (χ1n) is 22.9. The fourth-order valence-corrected chi connectivity index (χ4v) is 13.3. The molecule has 4 heteroatoms. The van der Waals surface area contributed by atoms with Gasteiger partial charge in [0, 0.05) is 38.6 Å². The van der Waals surface area contributed by atoms with Crippen LogP contribution in [0.2, 0.25) is 0 Å². The summed E-state index contributed by atoms with van der Waals surface area (Å²) >= 11 is 0. The SMILES string of the molecule is c1ccc(-c2nc(-c3ccccc3)nc(-c3ccc(-n4c5cc(-c6ccc7c(c6)-c6ccccc6C76C7CC8CC(C7)CC6C8)ccc5c5c6ccccc6ccc54)cc3)n2)cc1. The summed E-state index contributed by atoms with van der Waals surface area (Å²) in [4.78, 5) is 15.0. The Balaban J connectivity index is 0.917. The van der Waals surface area contributed by atoms with E-state index in [1.165, 1.54) is 86.9 Å². The zero-order valence-electron chi connectivity index (χ0n) is 35.0. The van der Waals surface area contributed by atoms with E-state index in [9.17, 15) is 0 Å². The Kier molecular flexibility index (Phi) is 7.54. The number of aromatic nitrogens is 4. The lowest BCUT2D eigenvalue weighted by molar-refractivity contribution is -0.0399. The summed E-state index contributed by atoms with van der Waals surface area (Å²) in [6.07, 6.45) is 7.08. The molecular weight excluding hydrogens is 765 g/mol. The Morgan fingerprint density at radius 3 is 1.65 bits per heavy atom. The number of nitrogens with zero attached hydrogens (tertiary/aromatic N) is 4. The lowest BCUT2D eigenvalue weighted by Gasteiger charge is -2.61. The molecule has 15 rings (SSSR count). The number of fused-ring (bicyclic) bond motifs is 8. The highest BCUT2D eigenvalue weighted by molar-refractivity contribution is 6.21. The number of hydrogen-bond acceptors (Lipinski definition) is 3. The van der Waals surface area contributed by atoms with E-state index in [0.29, 0.717) is 17.5 Å². The van der Waals surface area contributed by atoms with E-state index in [-0.39, 0.29) is 5.41 Å². The molecule has 4 saturated carbocycles. The van der Waals surface area contributed by atoms with Gasteiger partial charge in [-0.05, 0) is 142 Å². The molecule has 5 aliphatic carbocycles. The maximum Gasteiger partial charge on any atom is 0.164 e. The molecular formula is C59H44N4. The van der Waals surface area contributed by atoms with Gasteiger partial charge in [-0.3, -0.25) is 0 Å². The van der Waals surface area contributed by atoms with Gasteiger partial charge < -0.3 is 4.57 Å². The Morgan fingerprint density at radius 2 is 0.952 bits per heavy atom. The van der Waals surface area contributed by atoms with Crippen molar-refractivity contribution in [1.82, 2.24) is 19.5 Å². The monoisotopic (exact) mass is 808 g/mol. The summed E-state index contributed by atoms with van der Waals surface area (Å²) < 4.78 is 2.45. The van der Waals surface area contributed by atoms with Crippen molar-refractivity contribution >= 4 is 32.6 Å². The molecule has 0 radical (unpaired) electrons. The molecule has 63 heavy (non-hydrogen) atoms. The fraction of sp³-hybridized carbons (Fsp3) is 0.169. The zero-order valence-corrected chi connectivity index (χ0v) is 35.0. The van der Waals surface area contributed by atoms with E-state index in [0.717, 1.165) is 46.0 Å². The van der Waals surface area contributed by atoms with Gasteiger partial charge in [-0.2, -0.15) is 0 Å². The van der Waals surface area contributed by atoms with E-state index in [1.807, 2.05) is 36.4 Å². The van der Waals surface area contributed by atoms with Crippen molar-refractivity contribution in [1.29, 1.82) is 0 Å². The third-order valence-corrected chi connectivity index (χ3v) is 15.6. The third kappa shape index (κ3) is 5.18. The third-order valence-electron chi connectivity index (χ3n) is 15.6. The zero-order chi connectivity index (χ0) is 41.2. The Labute approximate surface area is 367 Å². The van der Waals surface area contributed by atoms with Crippen LogP contribution in [0.1, 0.15) is 43.2 Å². The minimum absolute atomic E-state index is 0.176. The fourth-order valence-electron chi connectivity index (χ4n) is 13.3. The molecule has 0 unspecified atom stereocenters. The van der Waals surface area contributed by atoms with Crippen LogP contribution in [-0.2, 0) is 5.41 Å². The van der Waals surface area contributed by atoms with Gasteiger partial charge in [0.2, 0.25) is 0 Å². The Hall–Kier alpha value is -7.17. The molecule has 0 aliphatic heterocycles. The second kappa shape index (κ2) is 13.4. The van der Waals surface area contributed by atoms with Crippen LogP contribution in [-0.4, -0.2) is 19.5 Å². The maximum atomic E-state index is 5.03. The first-order valence-corrected chi connectivity index (χ1v) is 22.9. The molecule has 0 saturated heterocycles. The van der Waals surface area contributed by atoms with Gasteiger partial charge in [-0.15, -0.1) is 0 Å². The lowest BCUT2D eigenvalue weighted by Crippen LogP contribution is -2.55. The van der Waals surface area contributed by atoms with Gasteiger partial charge in [0.15, 0.2) is 17.5 Å². The van der Waals surface area contributed by atoms with Gasteiger partial charge >= 0.3 is 0 Å². The molecule has 2 aromatic heterocycles. The van der Waals surface area contributed by atoms with Crippen molar-refractivity contribution in [2.75, 3.05) is 0 Å². The highest BCUT2D eigenvalue weighted by Crippen LogP contribution is 2.69. The van der Waals surface area contributed by atoms with Crippen molar-refractivity contribution in [2.45, 2.75) is 37.5 Å². The molecule has 300 valence electrons. The molecule has 2 heterocycles. The van der Waals surface area contributed by atoms with Crippen molar-refractivity contribution < 1.29 is 0 Å². The topological polar surface area (TPSA) is 43.6 Å². The predicted molar refractivity (Wildman–Crippen MR) is 257 cm³/mol. The minimum atomic E-state index is 0.176. The molecule has 10 aromatic rings. The highest BCUT2D eigenvalue weighted by atomic mass is 15.0. The number of hydrogen-bond donors (Lipinski definition) is 0. The van der Waals surface area contributed by atoms with E-state index in [2.05, 4.69) is 150 Å². The molecule has 1 spiro atoms. The smallest absolute Gasteiger partial charge is 0.164 e. The van der Waals surface area contributed by atoms with Crippen LogP contribution >= 0.6 is 0 Å². The summed E-state index contributed by atoms with van der Waals surface area (Å²) in [5.74, 6) is 5.36. The van der Waals surface area contributed by atoms with Gasteiger partial charge in [0.25, 0.3) is 0 Å². The largest absolute Gasteiger partial charge is 0.309 e. The second-order valence-corrected chi connectivity index (χ2v) is 18.8. The van der Waals surface area contributed by atoms with Crippen LogP contribution < -0.4 is 0 Å². The Morgan fingerprint density at radius 1 is 0.397 bits per heavy atom. The summed E-state index contributed by atoms with van der Waals surface area (Å²) in [6.45, 7) is 0. The predicted octanol–water partition coefficient (Wildman–Crippen LogP) is 14.5. The molecule has 8 aromatic carbocycles. The quantitative estimate of drug-likeness (QED) is 0.174. The van der Waals surface area contributed by atoms with E-state index in [4.69, 9.17) is 15.0 Å². The van der Waals surface area contributed by atoms with Gasteiger partial charge in [-0.1, -0.05) is 140 Å². The summed E-state index contributed by atoms with van der Waals surface area (Å²) in [5.41, 5.74) is 15.2. The average molecular weight is 809 g/mol. The maximum absolute atomic E-state index is 5.03. The first kappa shape index (κ1) is 35.4.